The van der Waals surface area contributed by atoms with Gasteiger partial charge in [0.15, 0.2) is 0 Å². The van der Waals surface area contributed by atoms with Gasteiger partial charge in [-0.1, -0.05) is 202 Å². The second-order valence-corrected chi connectivity index (χ2v) is 11.8. The molecule has 0 unspecified atom stereocenters. The summed E-state index contributed by atoms with van der Waals surface area (Å²) < 4.78 is 0. The molecule has 2 aromatic rings. The number of aryl methyl sites for hydroxylation is 3. The number of rotatable bonds is 4. The van der Waals surface area contributed by atoms with Gasteiger partial charge in [-0.05, 0) is 119 Å². The topological polar surface area (TPSA) is 0 Å². The van der Waals surface area contributed by atoms with Crippen LogP contribution in [0.3, 0.4) is 0 Å². The van der Waals surface area contributed by atoms with Crippen molar-refractivity contribution in [1.82, 2.24) is 0 Å². The highest BCUT2D eigenvalue weighted by Crippen LogP contribution is 2.19. The first-order chi connectivity index (χ1) is 23.4. The fourth-order valence-corrected chi connectivity index (χ4v) is 3.29. The number of benzene rings is 2. The molecule has 0 heteroatoms. The lowest BCUT2D eigenvalue weighted by Crippen LogP contribution is -2.24. The van der Waals surface area contributed by atoms with Crippen molar-refractivity contribution >= 4 is 17.7 Å². The minimum Gasteiger partial charge on any atom is -0.103 e. The van der Waals surface area contributed by atoms with Gasteiger partial charge >= 0.3 is 0 Å². The van der Waals surface area contributed by atoms with Crippen LogP contribution in [0.5, 0.6) is 0 Å². The molecule has 0 nitrogen and oxygen atoms in total. The Morgan fingerprint density at radius 2 is 1.04 bits per heavy atom. The van der Waals surface area contributed by atoms with E-state index in [1.165, 1.54) is 56.2 Å². The Bertz CT molecular complexity index is 1130. The van der Waals surface area contributed by atoms with Gasteiger partial charge in [0.2, 0.25) is 0 Å². The molecule has 0 amide bonds. The summed E-state index contributed by atoms with van der Waals surface area (Å²) in [5, 5.41) is 2.43. The maximum atomic E-state index is 4.00. The van der Waals surface area contributed by atoms with Gasteiger partial charge in [0, 0.05) is 0 Å². The second kappa shape index (κ2) is 53.9. The van der Waals surface area contributed by atoms with Crippen LogP contribution in [-0.4, -0.2) is 0 Å². The predicted octanol–water partition coefficient (Wildman–Crippen LogP) is 17.4. The van der Waals surface area contributed by atoms with Crippen molar-refractivity contribution in [2.24, 2.45) is 5.92 Å². The summed E-state index contributed by atoms with van der Waals surface area (Å²) in [7, 11) is 0. The highest BCUT2D eigenvalue weighted by Gasteiger charge is 2.00. The maximum absolute atomic E-state index is 4.00. The lowest BCUT2D eigenvalue weighted by molar-refractivity contribution is 0.737. The maximum Gasteiger partial charge on any atom is -0.0201 e. The van der Waals surface area contributed by atoms with Crippen molar-refractivity contribution in [1.29, 1.82) is 0 Å². The van der Waals surface area contributed by atoms with Crippen LogP contribution in [0.2, 0.25) is 0 Å². The molecule has 0 aliphatic heterocycles. The molecule has 0 bridgehead atoms. The Morgan fingerprint density at radius 3 is 1.24 bits per heavy atom. The van der Waals surface area contributed by atoms with Gasteiger partial charge < -0.3 is 0 Å². The van der Waals surface area contributed by atoms with Crippen molar-refractivity contribution < 1.29 is 0 Å². The van der Waals surface area contributed by atoms with Crippen molar-refractivity contribution in [2.75, 3.05) is 0 Å². The SMILES string of the molecule is C.C=C(C)c1cc(C)c(C)c(C)c1.C=CC.C=CC(CC)=C(C)C.C=c1ccc(CC)cc1=C(C)C.CC.CC.CC.CC.CC(C)C.CCC. The van der Waals surface area contributed by atoms with Gasteiger partial charge in [-0.2, -0.15) is 0 Å². The third-order valence-corrected chi connectivity index (χ3v) is 5.81. The zero-order valence-corrected chi connectivity index (χ0v) is 39.1. The van der Waals surface area contributed by atoms with E-state index in [1.54, 1.807) is 6.08 Å². The largest absolute Gasteiger partial charge is 0.103 e. The first-order valence-electron chi connectivity index (χ1n) is 19.8. The zero-order valence-electron chi connectivity index (χ0n) is 39.1. The summed E-state index contributed by atoms with van der Waals surface area (Å²) in [5.41, 5.74) is 12.0. The van der Waals surface area contributed by atoms with Gasteiger partial charge in [0.25, 0.3) is 0 Å². The Balaban J connectivity index is -0.0000000604. The molecule has 2 rings (SSSR count). The quantitative estimate of drug-likeness (QED) is 0.219. The molecular formula is C51H98. The molecule has 0 aliphatic carbocycles. The molecule has 0 fully saturated rings. The zero-order chi connectivity index (χ0) is 42.0. The summed E-state index contributed by atoms with van der Waals surface area (Å²) in [4.78, 5) is 0. The molecular weight excluding hydrogens is 613 g/mol. The van der Waals surface area contributed by atoms with Gasteiger partial charge in [-0.15, -0.1) is 6.58 Å². The van der Waals surface area contributed by atoms with E-state index in [4.69, 9.17) is 0 Å². The summed E-state index contributed by atoms with van der Waals surface area (Å²) >= 11 is 0. The first kappa shape index (κ1) is 69.8. The molecule has 0 radical (unpaired) electrons. The molecule has 0 saturated carbocycles. The Labute approximate surface area is 327 Å². The van der Waals surface area contributed by atoms with E-state index < -0.39 is 0 Å². The molecule has 0 heterocycles. The van der Waals surface area contributed by atoms with Gasteiger partial charge in [-0.3, -0.25) is 0 Å². The van der Waals surface area contributed by atoms with E-state index in [0.717, 1.165) is 29.6 Å². The summed E-state index contributed by atoms with van der Waals surface area (Å²) in [6.45, 7) is 64.9. The molecule has 51 heavy (non-hydrogen) atoms. The van der Waals surface area contributed by atoms with Crippen LogP contribution < -0.4 is 10.4 Å². The van der Waals surface area contributed by atoms with Crippen LogP contribution in [0.4, 0.5) is 0 Å². The second-order valence-electron chi connectivity index (χ2n) is 11.8. The molecule has 0 aromatic heterocycles. The average molecular weight is 711 g/mol. The van der Waals surface area contributed by atoms with Crippen LogP contribution in [0.1, 0.15) is 193 Å². The standard InChI is InChI=1S/2C12H16.C8H14.C4H10.C3H8.C3H6.4C2H6.CH4/c1-8(2)12-6-9(3)11(5)10(4)7-12;1-5-11-7-6-10(4)12(8-11)9(2)3;1-5-8(6-2)7(3)4;1-4(2)3;2*1-3-2;4*1-2;/h6-7H,1H2,2-5H3;6-8H,4-5H2,1-3H3;5H,1,6H2,2-4H3;4H,1-3H3;3H2,1-2H3;3H,1H2,2H3;4*1-2H3;1H4. The molecule has 0 aliphatic rings. The first-order valence-corrected chi connectivity index (χ1v) is 19.8. The fourth-order valence-electron chi connectivity index (χ4n) is 3.29. The van der Waals surface area contributed by atoms with Crippen molar-refractivity contribution in [3.63, 3.8) is 0 Å². The predicted molar refractivity (Wildman–Crippen MR) is 254 cm³/mol. The molecule has 0 N–H and O–H groups in total. The van der Waals surface area contributed by atoms with Crippen LogP contribution in [0.25, 0.3) is 17.7 Å². The summed E-state index contributed by atoms with van der Waals surface area (Å²) in [6.07, 6.45) is 7.13. The Morgan fingerprint density at radius 1 is 0.706 bits per heavy atom. The normalized spacial score (nSPS) is 7.78. The lowest BCUT2D eigenvalue weighted by atomic mass is 9.98. The van der Waals surface area contributed by atoms with Gasteiger partial charge in [0.1, 0.15) is 0 Å². The van der Waals surface area contributed by atoms with Crippen molar-refractivity contribution in [3.8, 4) is 0 Å². The number of hydrogen-bond acceptors (Lipinski definition) is 0. The highest BCUT2D eigenvalue weighted by molar-refractivity contribution is 5.63. The Hall–Kier alpha value is -2.86. The molecule has 0 atom stereocenters. The molecule has 0 spiro atoms. The lowest BCUT2D eigenvalue weighted by Gasteiger charge is -2.08. The van der Waals surface area contributed by atoms with Crippen molar-refractivity contribution in [2.45, 2.75) is 193 Å². The van der Waals surface area contributed by atoms with E-state index in [1.807, 2.05) is 75.3 Å². The van der Waals surface area contributed by atoms with E-state index >= 15 is 0 Å². The summed E-state index contributed by atoms with van der Waals surface area (Å²) in [6, 6.07) is 10.9. The van der Waals surface area contributed by atoms with Crippen LogP contribution in [-0.2, 0) is 6.42 Å². The third kappa shape index (κ3) is 49.3. The van der Waals surface area contributed by atoms with Crippen LogP contribution in [0, 0.1) is 26.7 Å². The van der Waals surface area contributed by atoms with Gasteiger partial charge in [-0.25, -0.2) is 0 Å². The molecule has 302 valence electrons. The minimum atomic E-state index is 0. The smallest absolute Gasteiger partial charge is 0.0201 e. The monoisotopic (exact) mass is 711 g/mol. The summed E-state index contributed by atoms with van der Waals surface area (Å²) in [5.74, 6) is 0.833. The van der Waals surface area contributed by atoms with Crippen LogP contribution in [0.15, 0.2) is 73.4 Å². The van der Waals surface area contributed by atoms with Crippen molar-refractivity contribution in [3.05, 3.63) is 112 Å². The molecule has 0 saturated heterocycles. The van der Waals surface area contributed by atoms with Crippen LogP contribution >= 0.6 is 0 Å². The molecule has 2 aromatic carbocycles. The van der Waals surface area contributed by atoms with Gasteiger partial charge in [0.05, 0.1) is 0 Å². The highest BCUT2D eigenvalue weighted by atomic mass is 14.1. The fraction of sp³-hybridized carbons (Fsp3) is 0.569. The van der Waals surface area contributed by atoms with E-state index in [0.29, 0.717) is 0 Å². The van der Waals surface area contributed by atoms with E-state index in [-0.39, 0.29) is 7.43 Å². The van der Waals surface area contributed by atoms with E-state index in [9.17, 15) is 0 Å². The minimum absolute atomic E-state index is 0. The number of hydrogen-bond donors (Lipinski definition) is 0. The number of allylic oxidation sites excluding steroid dienone is 5. The average Bonchev–Trinajstić information content (AvgIpc) is 3.08. The third-order valence-electron chi connectivity index (χ3n) is 5.81. The van der Waals surface area contributed by atoms with E-state index in [2.05, 4.69) is 154 Å². The Kier molecular flexibility index (Phi) is 73.8.